The molecule has 4 nitrogen and oxygen atoms in total. The molecule has 1 N–H and O–H groups in total. The third kappa shape index (κ3) is 2.87. The van der Waals surface area contributed by atoms with Crippen molar-refractivity contribution in [3.8, 4) is 6.07 Å². The molecule has 0 aliphatic rings. The van der Waals surface area contributed by atoms with E-state index >= 15 is 0 Å². The van der Waals surface area contributed by atoms with Gasteiger partial charge in [0.15, 0.2) is 0 Å². The predicted molar refractivity (Wildman–Crippen MR) is 52.5 cm³/mol. The van der Waals surface area contributed by atoms with E-state index in [0.717, 1.165) is 6.42 Å². The van der Waals surface area contributed by atoms with Crippen LogP contribution in [0.2, 0.25) is 0 Å². The van der Waals surface area contributed by atoms with Gasteiger partial charge in [-0.1, -0.05) is 6.92 Å². The van der Waals surface area contributed by atoms with Crippen LogP contribution in [0.1, 0.15) is 25.3 Å². The lowest BCUT2D eigenvalue weighted by Gasteiger charge is -2.02. The van der Waals surface area contributed by atoms with Gasteiger partial charge in [0, 0.05) is 12.6 Å². The fourth-order valence-corrected chi connectivity index (χ4v) is 1.00. The highest BCUT2D eigenvalue weighted by molar-refractivity contribution is 5.89. The van der Waals surface area contributed by atoms with Gasteiger partial charge in [-0.2, -0.15) is 5.26 Å². The van der Waals surface area contributed by atoms with E-state index in [9.17, 15) is 4.79 Å². The van der Waals surface area contributed by atoms with E-state index in [2.05, 4.69) is 10.3 Å². The summed E-state index contributed by atoms with van der Waals surface area (Å²) in [5, 5.41) is 11.2. The van der Waals surface area contributed by atoms with Gasteiger partial charge in [0.1, 0.15) is 5.82 Å². The van der Waals surface area contributed by atoms with Crippen LogP contribution in [0.4, 0.5) is 5.82 Å². The minimum Gasteiger partial charge on any atom is -0.311 e. The minimum atomic E-state index is -0.0740. The summed E-state index contributed by atoms with van der Waals surface area (Å²) in [5.74, 6) is 0.359. The number of hydrogen-bond donors (Lipinski definition) is 1. The van der Waals surface area contributed by atoms with E-state index in [1.54, 1.807) is 12.1 Å². The molecule has 0 fully saturated rings. The number of nitriles is 1. The summed E-state index contributed by atoms with van der Waals surface area (Å²) in [4.78, 5) is 15.1. The summed E-state index contributed by atoms with van der Waals surface area (Å²) >= 11 is 0. The molecule has 1 aromatic rings. The fraction of sp³-hybridized carbons (Fsp3) is 0.300. The number of rotatable bonds is 3. The van der Waals surface area contributed by atoms with Crippen molar-refractivity contribution >= 4 is 11.7 Å². The van der Waals surface area contributed by atoms with Crippen molar-refractivity contribution in [2.75, 3.05) is 5.32 Å². The predicted octanol–water partition coefficient (Wildman–Crippen LogP) is 1.69. The van der Waals surface area contributed by atoms with E-state index in [-0.39, 0.29) is 5.91 Å². The van der Waals surface area contributed by atoms with Gasteiger partial charge in [-0.15, -0.1) is 0 Å². The van der Waals surface area contributed by atoms with Crippen molar-refractivity contribution in [3.05, 3.63) is 23.9 Å². The van der Waals surface area contributed by atoms with Crippen LogP contribution in [0.5, 0.6) is 0 Å². The summed E-state index contributed by atoms with van der Waals surface area (Å²) < 4.78 is 0. The van der Waals surface area contributed by atoms with Crippen molar-refractivity contribution in [1.29, 1.82) is 5.26 Å². The van der Waals surface area contributed by atoms with E-state index in [4.69, 9.17) is 5.26 Å². The molecule has 1 heterocycles. The van der Waals surface area contributed by atoms with Gasteiger partial charge < -0.3 is 5.32 Å². The van der Waals surface area contributed by atoms with Crippen LogP contribution < -0.4 is 5.32 Å². The zero-order valence-corrected chi connectivity index (χ0v) is 7.95. The van der Waals surface area contributed by atoms with Gasteiger partial charge in [0.2, 0.25) is 5.91 Å². The van der Waals surface area contributed by atoms with Crippen LogP contribution in [0.15, 0.2) is 18.3 Å². The molecular weight excluding hydrogens is 178 g/mol. The van der Waals surface area contributed by atoms with Crippen molar-refractivity contribution in [1.82, 2.24) is 4.98 Å². The number of anilines is 1. The lowest BCUT2D eigenvalue weighted by Crippen LogP contribution is -2.11. The van der Waals surface area contributed by atoms with Gasteiger partial charge in [-0.25, -0.2) is 4.98 Å². The van der Waals surface area contributed by atoms with Crippen LogP contribution in [0.25, 0.3) is 0 Å². The number of hydrogen-bond acceptors (Lipinski definition) is 3. The van der Waals surface area contributed by atoms with E-state index < -0.39 is 0 Å². The Morgan fingerprint density at radius 1 is 1.71 bits per heavy atom. The molecule has 0 aromatic carbocycles. The lowest BCUT2D eigenvalue weighted by molar-refractivity contribution is -0.116. The Bertz CT molecular complexity index is 368. The first-order valence-electron chi connectivity index (χ1n) is 4.42. The number of pyridine rings is 1. The highest BCUT2D eigenvalue weighted by Crippen LogP contribution is 2.06. The standard InChI is InChI=1S/C10H11N3O/c1-2-3-10(14)13-9-6-8(7-11)4-5-12-9/h4-6H,2-3H2,1H3,(H,12,13,14). The Kier molecular flexibility index (Phi) is 3.62. The first-order chi connectivity index (χ1) is 6.76. The molecule has 0 saturated carbocycles. The molecule has 0 bridgehead atoms. The second-order valence-corrected chi connectivity index (χ2v) is 2.84. The Hall–Kier alpha value is -1.89. The Morgan fingerprint density at radius 2 is 2.50 bits per heavy atom. The highest BCUT2D eigenvalue weighted by atomic mass is 16.1. The molecule has 0 aliphatic carbocycles. The first kappa shape index (κ1) is 10.2. The molecule has 0 aliphatic heterocycles. The molecular formula is C10H11N3O. The van der Waals surface area contributed by atoms with Crippen molar-refractivity contribution < 1.29 is 4.79 Å². The molecule has 1 amide bonds. The number of nitrogens with zero attached hydrogens (tertiary/aromatic N) is 2. The maximum absolute atomic E-state index is 11.2. The second kappa shape index (κ2) is 4.97. The van der Waals surface area contributed by atoms with Crippen molar-refractivity contribution in [2.24, 2.45) is 0 Å². The molecule has 14 heavy (non-hydrogen) atoms. The third-order valence-electron chi connectivity index (χ3n) is 1.63. The molecule has 0 saturated heterocycles. The van der Waals surface area contributed by atoms with Crippen LogP contribution >= 0.6 is 0 Å². The SMILES string of the molecule is CCCC(=O)Nc1cc(C#N)ccn1. The Morgan fingerprint density at radius 3 is 3.14 bits per heavy atom. The monoisotopic (exact) mass is 189 g/mol. The number of nitrogens with one attached hydrogen (secondary N) is 1. The fourth-order valence-electron chi connectivity index (χ4n) is 1.00. The van der Waals surface area contributed by atoms with Gasteiger partial charge in [-0.3, -0.25) is 4.79 Å². The molecule has 4 heteroatoms. The van der Waals surface area contributed by atoms with Gasteiger partial charge in [0.05, 0.1) is 11.6 Å². The summed E-state index contributed by atoms with van der Waals surface area (Å²) in [6.45, 7) is 1.93. The molecule has 0 unspecified atom stereocenters. The molecule has 1 aromatic heterocycles. The maximum atomic E-state index is 11.2. The molecule has 0 radical (unpaired) electrons. The number of amides is 1. The molecule has 0 spiro atoms. The summed E-state index contributed by atoms with van der Waals surface area (Å²) in [7, 11) is 0. The Balaban J connectivity index is 2.68. The van der Waals surface area contributed by atoms with E-state index in [1.165, 1.54) is 6.20 Å². The average molecular weight is 189 g/mol. The van der Waals surface area contributed by atoms with Crippen molar-refractivity contribution in [2.45, 2.75) is 19.8 Å². The molecule has 1 rings (SSSR count). The van der Waals surface area contributed by atoms with Crippen molar-refractivity contribution in [3.63, 3.8) is 0 Å². The summed E-state index contributed by atoms with van der Waals surface area (Å²) in [6.07, 6.45) is 2.77. The maximum Gasteiger partial charge on any atom is 0.225 e. The number of carbonyl (C=O) groups is 1. The van der Waals surface area contributed by atoms with Crippen LogP contribution in [-0.4, -0.2) is 10.9 Å². The smallest absolute Gasteiger partial charge is 0.225 e. The summed E-state index contributed by atoms with van der Waals surface area (Å²) in [6, 6.07) is 5.12. The average Bonchev–Trinajstić information content (AvgIpc) is 2.18. The molecule has 0 atom stereocenters. The Labute approximate surface area is 82.6 Å². The number of aromatic nitrogens is 1. The minimum absolute atomic E-state index is 0.0740. The van der Waals surface area contributed by atoms with Gasteiger partial charge in [0.25, 0.3) is 0 Å². The highest BCUT2D eigenvalue weighted by Gasteiger charge is 2.01. The van der Waals surface area contributed by atoms with Crippen LogP contribution in [-0.2, 0) is 4.79 Å². The van der Waals surface area contributed by atoms with Gasteiger partial charge in [-0.05, 0) is 18.6 Å². The second-order valence-electron chi connectivity index (χ2n) is 2.84. The van der Waals surface area contributed by atoms with Gasteiger partial charge >= 0.3 is 0 Å². The lowest BCUT2D eigenvalue weighted by atomic mass is 10.3. The first-order valence-corrected chi connectivity index (χ1v) is 4.42. The third-order valence-corrected chi connectivity index (χ3v) is 1.63. The zero-order chi connectivity index (χ0) is 10.4. The summed E-state index contributed by atoms with van der Waals surface area (Å²) in [5.41, 5.74) is 0.492. The van der Waals surface area contributed by atoms with Crippen LogP contribution in [0, 0.1) is 11.3 Å². The van der Waals surface area contributed by atoms with Crippen LogP contribution in [0.3, 0.4) is 0 Å². The van der Waals surface area contributed by atoms with E-state index in [1.807, 2.05) is 13.0 Å². The zero-order valence-electron chi connectivity index (χ0n) is 7.95. The number of carbonyl (C=O) groups excluding carboxylic acids is 1. The quantitative estimate of drug-likeness (QED) is 0.786. The largest absolute Gasteiger partial charge is 0.311 e. The molecule has 72 valence electrons. The normalized spacial score (nSPS) is 9.14. The topological polar surface area (TPSA) is 65.8 Å². The van der Waals surface area contributed by atoms with E-state index in [0.29, 0.717) is 17.8 Å².